The molecule has 0 aromatic carbocycles. The summed E-state index contributed by atoms with van der Waals surface area (Å²) in [6.07, 6.45) is 9.63. The predicted molar refractivity (Wildman–Crippen MR) is 189 cm³/mol. The summed E-state index contributed by atoms with van der Waals surface area (Å²) in [6, 6.07) is 0. The van der Waals surface area contributed by atoms with Crippen LogP contribution in [0.4, 0.5) is 0 Å². The highest BCUT2D eigenvalue weighted by molar-refractivity contribution is 5.72. The van der Waals surface area contributed by atoms with Gasteiger partial charge in [-0.3, -0.25) is 9.59 Å². The summed E-state index contributed by atoms with van der Waals surface area (Å²) < 4.78 is 37.1. The van der Waals surface area contributed by atoms with Gasteiger partial charge in [-0.05, 0) is 66.2 Å². The fourth-order valence-corrected chi connectivity index (χ4v) is 8.84. The fourth-order valence-electron chi connectivity index (χ4n) is 8.84. The molecule has 4 rings (SSSR count). The summed E-state index contributed by atoms with van der Waals surface area (Å²) in [7, 11) is 0. The van der Waals surface area contributed by atoms with Crippen LogP contribution in [-0.4, -0.2) is 71.5 Å². The van der Waals surface area contributed by atoms with Crippen molar-refractivity contribution in [2.45, 2.75) is 206 Å². The molecule has 284 valence electrons. The molecule has 49 heavy (non-hydrogen) atoms. The van der Waals surface area contributed by atoms with E-state index in [9.17, 15) is 9.59 Å². The van der Waals surface area contributed by atoms with Crippen molar-refractivity contribution in [3.05, 3.63) is 0 Å². The van der Waals surface area contributed by atoms with E-state index in [1.165, 1.54) is 0 Å². The molecule has 2 N–H and O–H groups in total. The molecule has 2 spiro atoms. The van der Waals surface area contributed by atoms with Crippen LogP contribution >= 0.6 is 0 Å². The zero-order chi connectivity index (χ0) is 36.3. The Morgan fingerprint density at radius 1 is 0.694 bits per heavy atom. The van der Waals surface area contributed by atoms with Crippen molar-refractivity contribution < 1.29 is 38.0 Å². The highest BCUT2D eigenvalue weighted by Crippen LogP contribution is 2.50. The van der Waals surface area contributed by atoms with Crippen molar-refractivity contribution in [1.29, 1.82) is 0 Å². The Bertz CT molecular complexity index is 1140. The van der Waals surface area contributed by atoms with Gasteiger partial charge in [0.25, 0.3) is 0 Å². The normalized spacial score (nSPS) is 42.8. The monoisotopic (exact) mass is 695 g/mol. The molecule has 4 saturated heterocycles. The van der Waals surface area contributed by atoms with Crippen LogP contribution in [0.5, 0.6) is 0 Å². The highest BCUT2D eigenvalue weighted by atomic mass is 16.8. The molecule has 11 unspecified atom stereocenters. The van der Waals surface area contributed by atoms with Crippen molar-refractivity contribution in [3.8, 4) is 0 Å². The number of esters is 2. The van der Waals surface area contributed by atoms with Gasteiger partial charge in [0.2, 0.25) is 12.6 Å². The van der Waals surface area contributed by atoms with Gasteiger partial charge in [0.1, 0.15) is 13.2 Å². The van der Waals surface area contributed by atoms with Gasteiger partial charge in [0.05, 0.1) is 5.92 Å². The lowest BCUT2D eigenvalue weighted by Crippen LogP contribution is -2.70. The third-order valence-electron chi connectivity index (χ3n) is 13.2. The number of carbonyl (C=O) groups excluding carboxylic acids is 2. The molecule has 0 amide bonds. The Morgan fingerprint density at radius 2 is 1.14 bits per heavy atom. The third-order valence-corrected chi connectivity index (χ3v) is 13.2. The van der Waals surface area contributed by atoms with Gasteiger partial charge in [-0.15, -0.1) is 0 Å². The maximum atomic E-state index is 13.0. The minimum Gasteiger partial charge on any atom is -0.433 e. The second-order valence-corrected chi connectivity index (χ2v) is 16.9. The van der Waals surface area contributed by atoms with E-state index >= 15 is 0 Å². The van der Waals surface area contributed by atoms with Gasteiger partial charge in [0.15, 0.2) is 11.6 Å². The van der Waals surface area contributed by atoms with Crippen LogP contribution in [-0.2, 0) is 38.0 Å². The van der Waals surface area contributed by atoms with E-state index in [1.54, 1.807) is 0 Å². The summed E-state index contributed by atoms with van der Waals surface area (Å²) in [5, 5.41) is 7.71. The average Bonchev–Trinajstić information content (AvgIpc) is 3.65. The quantitative estimate of drug-likeness (QED) is 0.132. The van der Waals surface area contributed by atoms with Crippen molar-refractivity contribution in [2.24, 2.45) is 17.8 Å². The molecule has 10 heteroatoms. The molecular formula is C39H70N2O8. The molecule has 0 aliphatic carbocycles. The van der Waals surface area contributed by atoms with Crippen molar-refractivity contribution >= 4 is 11.9 Å². The topological polar surface area (TPSA) is 114 Å². The molecule has 4 heterocycles. The summed E-state index contributed by atoms with van der Waals surface area (Å²) in [5.41, 5.74) is -0.509. The Hall–Kier alpha value is -1.30. The van der Waals surface area contributed by atoms with E-state index in [2.05, 4.69) is 79.9 Å². The van der Waals surface area contributed by atoms with Crippen molar-refractivity contribution in [3.63, 3.8) is 0 Å². The van der Waals surface area contributed by atoms with Gasteiger partial charge in [0, 0.05) is 53.3 Å². The highest BCUT2D eigenvalue weighted by Gasteiger charge is 2.61. The van der Waals surface area contributed by atoms with E-state index < -0.39 is 24.2 Å². The molecule has 0 aromatic rings. The minimum atomic E-state index is -0.763. The third kappa shape index (κ3) is 8.85. The number of hydrogen-bond acceptors (Lipinski definition) is 10. The number of unbranched alkanes of at least 4 members (excludes halogenated alkanes) is 4. The Morgan fingerprint density at radius 3 is 1.61 bits per heavy atom. The average molecular weight is 695 g/mol. The number of hydrogen-bond donors (Lipinski definition) is 2. The summed E-state index contributed by atoms with van der Waals surface area (Å²) in [5.74, 6) is -2.00. The molecule has 4 aliphatic heterocycles. The number of piperidine rings is 2. The van der Waals surface area contributed by atoms with E-state index in [0.29, 0.717) is 12.8 Å². The first-order valence-electron chi connectivity index (χ1n) is 19.6. The number of ether oxygens (including phenoxy) is 6. The molecule has 4 aliphatic rings. The summed E-state index contributed by atoms with van der Waals surface area (Å²) in [4.78, 5) is 25.7. The van der Waals surface area contributed by atoms with Crippen LogP contribution in [0.3, 0.4) is 0 Å². The van der Waals surface area contributed by atoms with E-state index in [-0.39, 0.29) is 65.1 Å². The van der Waals surface area contributed by atoms with Crippen LogP contribution < -0.4 is 10.6 Å². The molecular weight excluding hydrogens is 624 g/mol. The first-order valence-corrected chi connectivity index (χ1v) is 19.6. The zero-order valence-electron chi connectivity index (χ0n) is 32.8. The summed E-state index contributed by atoms with van der Waals surface area (Å²) in [6.45, 7) is 24.5. The second kappa shape index (κ2) is 15.7. The van der Waals surface area contributed by atoms with Crippen LogP contribution in [0.1, 0.15) is 160 Å². The van der Waals surface area contributed by atoms with Gasteiger partial charge in [-0.25, -0.2) is 0 Å². The summed E-state index contributed by atoms with van der Waals surface area (Å²) >= 11 is 0. The Labute approximate surface area is 297 Å². The smallest absolute Gasteiger partial charge is 0.311 e. The van der Waals surface area contributed by atoms with E-state index in [4.69, 9.17) is 28.4 Å². The van der Waals surface area contributed by atoms with Gasteiger partial charge in [-0.1, -0.05) is 74.1 Å². The van der Waals surface area contributed by atoms with Gasteiger partial charge < -0.3 is 39.1 Å². The Balaban J connectivity index is 1.11. The first-order chi connectivity index (χ1) is 22.9. The molecule has 10 nitrogen and oxygen atoms in total. The first kappa shape index (κ1) is 40.5. The molecule has 11 atom stereocenters. The number of carbonyl (C=O) groups is 2. The van der Waals surface area contributed by atoms with Gasteiger partial charge in [-0.2, -0.15) is 0 Å². The standard InChI is InChI=1S/C39H70N2O8/c1-12-34(8)25-38(28(6)36(10,14-3)40-34)44-23-31(48-38)46-30(42)22-20-18-16-17-19-21-27(5)33(43)47-32-24-45-39(49-32)26-35(9,13-2)41-37(11,15-4)29(39)7/h27-29,31-32,40-41H,12-26H2,1-11H3. The van der Waals surface area contributed by atoms with Crippen molar-refractivity contribution in [2.75, 3.05) is 13.2 Å². The van der Waals surface area contributed by atoms with Crippen LogP contribution in [0.2, 0.25) is 0 Å². The van der Waals surface area contributed by atoms with Crippen LogP contribution in [0.15, 0.2) is 0 Å². The largest absolute Gasteiger partial charge is 0.433 e. The lowest BCUT2D eigenvalue weighted by Gasteiger charge is -2.56. The molecule has 0 bridgehead atoms. The van der Waals surface area contributed by atoms with E-state index in [1.807, 2.05) is 6.92 Å². The molecule has 0 aromatic heterocycles. The molecule has 0 radical (unpaired) electrons. The number of nitrogens with one attached hydrogen (secondary N) is 2. The molecule has 4 fully saturated rings. The predicted octanol–water partition coefficient (Wildman–Crippen LogP) is 7.51. The maximum absolute atomic E-state index is 13.0. The fraction of sp³-hybridized carbons (Fsp3) is 0.949. The SMILES string of the molecule is CCC1(C)CC2(OCC(OC(=O)CCCCCCCC(C)C(=O)OC3COC4(CC(C)(CC)NC(C)(CC)C4C)O3)O2)C(C)C(C)(CC)N1. The lowest BCUT2D eigenvalue weighted by molar-refractivity contribution is -0.272. The lowest BCUT2D eigenvalue weighted by atomic mass is 9.68. The van der Waals surface area contributed by atoms with Crippen LogP contribution in [0.25, 0.3) is 0 Å². The van der Waals surface area contributed by atoms with Crippen LogP contribution in [0, 0.1) is 17.8 Å². The zero-order valence-corrected chi connectivity index (χ0v) is 32.8. The maximum Gasteiger partial charge on any atom is 0.311 e. The van der Waals surface area contributed by atoms with E-state index in [0.717, 1.165) is 70.6 Å². The van der Waals surface area contributed by atoms with Gasteiger partial charge >= 0.3 is 11.9 Å². The van der Waals surface area contributed by atoms with Crippen molar-refractivity contribution in [1.82, 2.24) is 10.6 Å². The number of rotatable bonds is 15. The molecule has 0 saturated carbocycles. The Kier molecular flexibility index (Phi) is 13.0. The minimum absolute atomic E-state index is 0.0997. The second-order valence-electron chi connectivity index (χ2n) is 16.9.